The SMILES string of the molecule is Cc1ccc(=O)n(CC2CN(C3CCN(C)C3=O)C2)n1. The van der Waals surface area contributed by atoms with E-state index in [0.717, 1.165) is 31.7 Å². The Bertz CT molecular complexity index is 577. The van der Waals surface area contributed by atoms with E-state index in [0.29, 0.717) is 12.5 Å². The second-order valence-corrected chi connectivity index (χ2v) is 5.88. The van der Waals surface area contributed by atoms with Crippen LogP contribution in [0, 0.1) is 12.8 Å². The zero-order chi connectivity index (χ0) is 14.3. The maximum Gasteiger partial charge on any atom is 0.266 e. The molecule has 2 fully saturated rings. The Balaban J connectivity index is 1.57. The second-order valence-electron chi connectivity index (χ2n) is 5.88. The quantitative estimate of drug-likeness (QED) is 0.761. The molecule has 1 unspecified atom stereocenters. The van der Waals surface area contributed by atoms with Crippen molar-refractivity contribution in [3.63, 3.8) is 0 Å². The van der Waals surface area contributed by atoms with Crippen LogP contribution in [0.4, 0.5) is 0 Å². The summed E-state index contributed by atoms with van der Waals surface area (Å²) in [6.45, 7) is 5.14. The van der Waals surface area contributed by atoms with E-state index in [2.05, 4.69) is 10.00 Å². The highest BCUT2D eigenvalue weighted by Gasteiger charge is 2.40. The number of hydrogen-bond acceptors (Lipinski definition) is 4. The third-order valence-corrected chi connectivity index (χ3v) is 4.26. The number of rotatable bonds is 3. The lowest BCUT2D eigenvalue weighted by molar-refractivity contribution is -0.133. The Labute approximate surface area is 118 Å². The van der Waals surface area contributed by atoms with Gasteiger partial charge in [0.2, 0.25) is 5.91 Å². The van der Waals surface area contributed by atoms with E-state index in [4.69, 9.17) is 0 Å². The first-order chi connectivity index (χ1) is 9.54. The van der Waals surface area contributed by atoms with Gasteiger partial charge >= 0.3 is 0 Å². The molecule has 3 heterocycles. The van der Waals surface area contributed by atoms with Crippen molar-refractivity contribution in [2.24, 2.45) is 5.92 Å². The largest absolute Gasteiger partial charge is 0.344 e. The van der Waals surface area contributed by atoms with Crippen molar-refractivity contribution in [2.75, 3.05) is 26.7 Å². The molecule has 1 aromatic heterocycles. The standard InChI is InChI=1S/C14H20N4O2/c1-10-3-4-13(19)18(15-10)9-11-7-17(8-11)12-5-6-16(2)14(12)20/h3-4,11-12H,5-9H2,1-2H3. The Morgan fingerprint density at radius 2 is 2.05 bits per heavy atom. The zero-order valence-electron chi connectivity index (χ0n) is 12.0. The zero-order valence-corrected chi connectivity index (χ0v) is 12.0. The minimum Gasteiger partial charge on any atom is -0.344 e. The second kappa shape index (κ2) is 5.01. The van der Waals surface area contributed by atoms with Crippen LogP contribution in [0.25, 0.3) is 0 Å². The number of aromatic nitrogens is 2. The molecule has 3 rings (SSSR count). The number of likely N-dealkylation sites (N-methyl/N-ethyl adjacent to an activating group) is 1. The van der Waals surface area contributed by atoms with Gasteiger partial charge in [0.25, 0.3) is 5.56 Å². The molecule has 0 N–H and O–H groups in total. The Kier molecular flexibility index (Phi) is 3.33. The molecule has 2 saturated heterocycles. The van der Waals surface area contributed by atoms with E-state index in [9.17, 15) is 9.59 Å². The van der Waals surface area contributed by atoms with E-state index < -0.39 is 0 Å². The minimum atomic E-state index is -0.0503. The fraction of sp³-hybridized carbons (Fsp3) is 0.643. The van der Waals surface area contributed by atoms with Gasteiger partial charge in [0, 0.05) is 38.7 Å². The van der Waals surface area contributed by atoms with Gasteiger partial charge in [-0.3, -0.25) is 14.5 Å². The molecular weight excluding hydrogens is 256 g/mol. The number of hydrogen-bond donors (Lipinski definition) is 0. The molecule has 20 heavy (non-hydrogen) atoms. The predicted octanol–water partition coefficient (Wildman–Crippen LogP) is -0.286. The van der Waals surface area contributed by atoms with Crippen molar-refractivity contribution in [1.82, 2.24) is 19.6 Å². The van der Waals surface area contributed by atoms with Crippen LogP contribution < -0.4 is 5.56 Å². The fourth-order valence-electron chi connectivity index (χ4n) is 3.05. The van der Waals surface area contributed by atoms with Gasteiger partial charge in [0.05, 0.1) is 18.3 Å². The lowest BCUT2D eigenvalue weighted by Gasteiger charge is -2.42. The number of amides is 1. The maximum atomic E-state index is 11.9. The van der Waals surface area contributed by atoms with Crippen molar-refractivity contribution in [3.05, 3.63) is 28.2 Å². The highest BCUT2D eigenvalue weighted by atomic mass is 16.2. The first-order valence-electron chi connectivity index (χ1n) is 7.08. The van der Waals surface area contributed by atoms with Gasteiger partial charge in [-0.05, 0) is 19.4 Å². The topological polar surface area (TPSA) is 58.4 Å². The van der Waals surface area contributed by atoms with Gasteiger partial charge in [-0.15, -0.1) is 0 Å². The summed E-state index contributed by atoms with van der Waals surface area (Å²) in [4.78, 5) is 27.6. The van der Waals surface area contributed by atoms with E-state index in [1.54, 1.807) is 21.7 Å². The highest BCUT2D eigenvalue weighted by Crippen LogP contribution is 2.25. The number of nitrogens with zero attached hydrogens (tertiary/aromatic N) is 4. The van der Waals surface area contributed by atoms with E-state index in [1.807, 2.05) is 14.0 Å². The molecule has 1 amide bonds. The molecule has 2 aliphatic heterocycles. The summed E-state index contributed by atoms with van der Waals surface area (Å²) in [7, 11) is 1.86. The highest BCUT2D eigenvalue weighted by molar-refractivity contribution is 5.83. The first kappa shape index (κ1) is 13.3. The molecule has 1 aromatic rings. The Morgan fingerprint density at radius 3 is 2.70 bits per heavy atom. The molecule has 0 bridgehead atoms. The van der Waals surface area contributed by atoms with Crippen LogP contribution in [0.1, 0.15) is 12.1 Å². The summed E-state index contributed by atoms with van der Waals surface area (Å²) in [5, 5.41) is 4.25. The number of carbonyl (C=O) groups is 1. The van der Waals surface area contributed by atoms with Crippen LogP contribution in [0.3, 0.4) is 0 Å². The summed E-state index contributed by atoms with van der Waals surface area (Å²) in [6.07, 6.45) is 0.921. The molecule has 6 nitrogen and oxygen atoms in total. The maximum absolute atomic E-state index is 11.9. The smallest absolute Gasteiger partial charge is 0.266 e. The van der Waals surface area contributed by atoms with Crippen LogP contribution >= 0.6 is 0 Å². The van der Waals surface area contributed by atoms with Gasteiger partial charge in [0.15, 0.2) is 0 Å². The molecule has 0 radical (unpaired) electrons. The van der Waals surface area contributed by atoms with Crippen molar-refractivity contribution >= 4 is 5.91 Å². The summed E-state index contributed by atoms with van der Waals surface area (Å²) in [5.74, 6) is 0.648. The number of carbonyl (C=O) groups excluding carboxylic acids is 1. The van der Waals surface area contributed by atoms with Gasteiger partial charge in [0.1, 0.15) is 0 Å². The third-order valence-electron chi connectivity index (χ3n) is 4.26. The van der Waals surface area contributed by atoms with Crippen LogP contribution in [0.15, 0.2) is 16.9 Å². The average Bonchev–Trinajstić information content (AvgIpc) is 2.69. The van der Waals surface area contributed by atoms with Crippen LogP contribution in [-0.4, -0.2) is 58.2 Å². The molecule has 0 aliphatic carbocycles. The summed E-state index contributed by atoms with van der Waals surface area (Å²) in [6, 6.07) is 3.35. The van der Waals surface area contributed by atoms with Gasteiger partial charge in [-0.25, -0.2) is 4.68 Å². The van der Waals surface area contributed by atoms with E-state index in [-0.39, 0.29) is 17.5 Å². The molecule has 0 spiro atoms. The normalized spacial score (nSPS) is 24.2. The van der Waals surface area contributed by atoms with Crippen LogP contribution in [0.2, 0.25) is 0 Å². The van der Waals surface area contributed by atoms with Gasteiger partial charge in [-0.1, -0.05) is 0 Å². The van der Waals surface area contributed by atoms with Crippen molar-refractivity contribution in [1.29, 1.82) is 0 Å². The lowest BCUT2D eigenvalue weighted by atomic mass is 9.97. The molecule has 0 saturated carbocycles. The van der Waals surface area contributed by atoms with E-state index >= 15 is 0 Å². The lowest BCUT2D eigenvalue weighted by Crippen LogP contribution is -2.56. The molecule has 1 atom stereocenters. The van der Waals surface area contributed by atoms with Gasteiger partial charge in [-0.2, -0.15) is 5.10 Å². The summed E-state index contributed by atoms with van der Waals surface area (Å²) < 4.78 is 1.54. The average molecular weight is 276 g/mol. The Hall–Kier alpha value is -1.69. The molecule has 6 heteroatoms. The molecule has 0 aromatic carbocycles. The predicted molar refractivity (Wildman–Crippen MR) is 74.3 cm³/mol. The molecule has 108 valence electrons. The fourth-order valence-corrected chi connectivity index (χ4v) is 3.05. The van der Waals surface area contributed by atoms with Crippen molar-refractivity contribution < 1.29 is 4.79 Å². The monoisotopic (exact) mass is 276 g/mol. The van der Waals surface area contributed by atoms with Gasteiger partial charge < -0.3 is 4.90 Å². The first-order valence-corrected chi connectivity index (χ1v) is 7.08. The summed E-state index contributed by atoms with van der Waals surface area (Å²) >= 11 is 0. The third kappa shape index (κ3) is 2.35. The number of aryl methyl sites for hydroxylation is 1. The minimum absolute atomic E-state index is 0.0503. The molecular formula is C14H20N4O2. The molecule has 2 aliphatic rings. The number of likely N-dealkylation sites (tertiary alicyclic amines) is 2. The van der Waals surface area contributed by atoms with Crippen molar-refractivity contribution in [2.45, 2.75) is 25.9 Å². The van der Waals surface area contributed by atoms with Crippen LogP contribution in [0.5, 0.6) is 0 Å². The van der Waals surface area contributed by atoms with E-state index in [1.165, 1.54) is 0 Å². The Morgan fingerprint density at radius 1 is 1.30 bits per heavy atom. The summed E-state index contributed by atoms with van der Waals surface area (Å²) in [5.41, 5.74) is 0.805. The van der Waals surface area contributed by atoms with Crippen LogP contribution in [-0.2, 0) is 11.3 Å². The van der Waals surface area contributed by atoms with Crippen molar-refractivity contribution in [3.8, 4) is 0 Å².